The van der Waals surface area contributed by atoms with E-state index in [2.05, 4.69) is 23.4 Å². The van der Waals surface area contributed by atoms with Gasteiger partial charge in [0.05, 0.1) is 0 Å². The average molecular weight is 216 g/mol. The first kappa shape index (κ1) is 11.0. The third kappa shape index (κ3) is 3.67. The van der Waals surface area contributed by atoms with Crippen LogP contribution >= 0.6 is 24.0 Å². The van der Waals surface area contributed by atoms with Crippen molar-refractivity contribution in [2.24, 2.45) is 0 Å². The minimum absolute atomic E-state index is 0.922. The Morgan fingerprint density at radius 2 is 2.08 bits per heavy atom. The van der Waals surface area contributed by atoms with E-state index in [1.165, 1.54) is 0 Å². The average Bonchev–Trinajstić information content (AvgIpc) is 2.15. The molecule has 0 atom stereocenters. The molecular weight excluding hydrogens is 200 g/mol. The fourth-order valence-electron chi connectivity index (χ4n) is 1.21. The van der Waals surface area contributed by atoms with E-state index in [1.54, 1.807) is 11.8 Å². The summed E-state index contributed by atoms with van der Waals surface area (Å²) in [6, 6.07) is 0. The molecule has 0 saturated carbocycles. The van der Waals surface area contributed by atoms with Crippen molar-refractivity contribution in [2.75, 3.05) is 39.0 Å². The van der Waals surface area contributed by atoms with E-state index in [0.29, 0.717) is 0 Å². The molecule has 0 bridgehead atoms. The maximum absolute atomic E-state index is 5.30. The summed E-state index contributed by atoms with van der Waals surface area (Å²) in [5.74, 6) is 0.922. The second-order valence-electron chi connectivity index (χ2n) is 3.16. The Hall–Kier alpha value is -0.0600. The highest BCUT2D eigenvalue weighted by Crippen LogP contribution is 2.11. The fraction of sp³-hybridized carbons (Fsp3) is 0.667. The van der Waals surface area contributed by atoms with Crippen molar-refractivity contribution < 1.29 is 0 Å². The summed E-state index contributed by atoms with van der Waals surface area (Å²) in [4.78, 5) is 4.61. The standard InChI is InChI=1S/C9H16N2S2/c1-3-8-13-9(12)11-6-4-10(2)5-7-11/h3H,1,4-8H2,2H3. The zero-order valence-corrected chi connectivity index (χ0v) is 9.66. The summed E-state index contributed by atoms with van der Waals surface area (Å²) in [6.07, 6.45) is 1.90. The topological polar surface area (TPSA) is 6.48 Å². The SMILES string of the molecule is C=CCSC(=S)N1CCN(C)CC1. The molecule has 1 aliphatic heterocycles. The van der Waals surface area contributed by atoms with Gasteiger partial charge in [0.15, 0.2) is 0 Å². The van der Waals surface area contributed by atoms with Crippen molar-refractivity contribution in [2.45, 2.75) is 0 Å². The monoisotopic (exact) mass is 216 g/mol. The van der Waals surface area contributed by atoms with Gasteiger partial charge in [-0.2, -0.15) is 0 Å². The van der Waals surface area contributed by atoms with Crippen molar-refractivity contribution in [1.82, 2.24) is 9.80 Å². The summed E-state index contributed by atoms with van der Waals surface area (Å²) in [5, 5.41) is 0. The first-order valence-electron chi connectivity index (χ1n) is 4.45. The Kier molecular flexibility index (Phi) is 4.77. The molecule has 74 valence electrons. The predicted octanol–water partition coefficient (Wildman–Crippen LogP) is 1.44. The predicted molar refractivity (Wildman–Crippen MR) is 64.3 cm³/mol. The second-order valence-corrected chi connectivity index (χ2v) is 4.81. The van der Waals surface area contributed by atoms with Crippen LogP contribution in [0.5, 0.6) is 0 Å². The van der Waals surface area contributed by atoms with Gasteiger partial charge in [-0.25, -0.2) is 0 Å². The van der Waals surface area contributed by atoms with Gasteiger partial charge in [-0.05, 0) is 7.05 Å². The molecule has 13 heavy (non-hydrogen) atoms. The Balaban J connectivity index is 2.27. The van der Waals surface area contributed by atoms with E-state index in [-0.39, 0.29) is 0 Å². The lowest BCUT2D eigenvalue weighted by atomic mass is 10.4. The van der Waals surface area contributed by atoms with E-state index < -0.39 is 0 Å². The molecule has 0 aromatic heterocycles. The van der Waals surface area contributed by atoms with Gasteiger partial charge in [-0.3, -0.25) is 0 Å². The van der Waals surface area contributed by atoms with Crippen molar-refractivity contribution >= 4 is 28.3 Å². The minimum atomic E-state index is 0.922. The van der Waals surface area contributed by atoms with Crippen molar-refractivity contribution in [1.29, 1.82) is 0 Å². The van der Waals surface area contributed by atoms with Gasteiger partial charge < -0.3 is 9.80 Å². The number of thiocarbonyl (C=S) groups is 1. The first-order chi connectivity index (χ1) is 6.24. The molecule has 1 aliphatic rings. The van der Waals surface area contributed by atoms with E-state index in [0.717, 1.165) is 36.3 Å². The molecule has 0 aliphatic carbocycles. The Morgan fingerprint density at radius 1 is 1.46 bits per heavy atom. The van der Waals surface area contributed by atoms with Crippen molar-refractivity contribution in [3.05, 3.63) is 12.7 Å². The van der Waals surface area contributed by atoms with E-state index in [9.17, 15) is 0 Å². The number of rotatable bonds is 2. The van der Waals surface area contributed by atoms with Crippen LogP contribution in [0.2, 0.25) is 0 Å². The molecule has 0 unspecified atom stereocenters. The van der Waals surface area contributed by atoms with Crippen LogP contribution in [0.25, 0.3) is 0 Å². The van der Waals surface area contributed by atoms with E-state index in [4.69, 9.17) is 12.2 Å². The van der Waals surface area contributed by atoms with Gasteiger partial charge in [-0.1, -0.05) is 30.1 Å². The Morgan fingerprint density at radius 3 is 2.62 bits per heavy atom. The molecule has 1 fully saturated rings. The maximum Gasteiger partial charge on any atom is 0.136 e. The van der Waals surface area contributed by atoms with Crippen LogP contribution in [0.1, 0.15) is 0 Å². The second kappa shape index (κ2) is 5.62. The van der Waals surface area contributed by atoms with Gasteiger partial charge >= 0.3 is 0 Å². The van der Waals surface area contributed by atoms with Crippen LogP contribution in [-0.2, 0) is 0 Å². The molecule has 0 spiro atoms. The lowest BCUT2D eigenvalue weighted by molar-refractivity contribution is 0.220. The molecule has 0 amide bonds. The quantitative estimate of drug-likeness (QED) is 0.509. The molecule has 4 heteroatoms. The smallest absolute Gasteiger partial charge is 0.136 e. The Bertz CT molecular complexity index is 186. The van der Waals surface area contributed by atoms with Crippen LogP contribution in [0.4, 0.5) is 0 Å². The van der Waals surface area contributed by atoms with Crippen LogP contribution in [0.15, 0.2) is 12.7 Å². The number of hydrogen-bond donors (Lipinski definition) is 0. The summed E-state index contributed by atoms with van der Waals surface area (Å²) in [5.41, 5.74) is 0. The highest BCUT2D eigenvalue weighted by atomic mass is 32.2. The molecule has 0 N–H and O–H groups in total. The largest absolute Gasteiger partial charge is 0.355 e. The fourth-order valence-corrected chi connectivity index (χ4v) is 2.22. The van der Waals surface area contributed by atoms with Crippen LogP contribution in [0, 0.1) is 0 Å². The normalized spacial score (nSPS) is 18.7. The number of hydrogen-bond acceptors (Lipinski definition) is 3. The molecular formula is C9H16N2S2. The summed E-state index contributed by atoms with van der Waals surface area (Å²) >= 11 is 7.01. The zero-order valence-electron chi connectivity index (χ0n) is 8.03. The molecule has 0 radical (unpaired) electrons. The number of piperazine rings is 1. The van der Waals surface area contributed by atoms with Crippen LogP contribution < -0.4 is 0 Å². The molecule has 1 rings (SSSR count). The molecule has 2 nitrogen and oxygen atoms in total. The van der Waals surface area contributed by atoms with Gasteiger partial charge in [-0.15, -0.1) is 6.58 Å². The van der Waals surface area contributed by atoms with Gasteiger partial charge in [0.25, 0.3) is 0 Å². The van der Waals surface area contributed by atoms with E-state index in [1.807, 2.05) is 6.08 Å². The lowest BCUT2D eigenvalue weighted by Gasteiger charge is -2.33. The molecule has 1 heterocycles. The van der Waals surface area contributed by atoms with Crippen LogP contribution in [0.3, 0.4) is 0 Å². The van der Waals surface area contributed by atoms with Gasteiger partial charge in [0.2, 0.25) is 0 Å². The van der Waals surface area contributed by atoms with Crippen molar-refractivity contribution in [3.8, 4) is 0 Å². The van der Waals surface area contributed by atoms with Gasteiger partial charge in [0, 0.05) is 31.9 Å². The first-order valence-corrected chi connectivity index (χ1v) is 5.84. The van der Waals surface area contributed by atoms with Crippen LogP contribution in [-0.4, -0.2) is 53.1 Å². The van der Waals surface area contributed by atoms with Gasteiger partial charge in [0.1, 0.15) is 4.32 Å². The number of likely N-dealkylation sites (N-methyl/N-ethyl adjacent to an activating group) is 1. The number of nitrogens with zero attached hydrogens (tertiary/aromatic N) is 2. The highest BCUT2D eigenvalue weighted by Gasteiger charge is 2.15. The summed E-state index contributed by atoms with van der Waals surface area (Å²) in [6.45, 7) is 8.06. The molecule has 1 saturated heterocycles. The third-order valence-corrected chi connectivity index (χ3v) is 3.61. The number of thioether (sulfide) groups is 1. The minimum Gasteiger partial charge on any atom is -0.355 e. The van der Waals surface area contributed by atoms with E-state index >= 15 is 0 Å². The van der Waals surface area contributed by atoms with Crippen molar-refractivity contribution in [3.63, 3.8) is 0 Å². The highest BCUT2D eigenvalue weighted by molar-refractivity contribution is 8.23. The molecule has 0 aromatic carbocycles. The summed E-state index contributed by atoms with van der Waals surface area (Å²) in [7, 11) is 2.15. The maximum atomic E-state index is 5.30. The lowest BCUT2D eigenvalue weighted by Crippen LogP contribution is -2.45. The third-order valence-electron chi connectivity index (χ3n) is 2.09. The molecule has 0 aromatic rings. The Labute approximate surface area is 90.0 Å². The summed E-state index contributed by atoms with van der Waals surface area (Å²) < 4.78 is 1.02. The zero-order chi connectivity index (χ0) is 9.68.